The molecular formula is C13H28O4. The Labute approximate surface area is 105 Å². The van der Waals surface area contributed by atoms with Gasteiger partial charge in [-0.25, -0.2) is 0 Å². The van der Waals surface area contributed by atoms with Crippen molar-refractivity contribution in [1.82, 2.24) is 0 Å². The number of carboxylic acid groups (broad SMARTS) is 1. The van der Waals surface area contributed by atoms with Gasteiger partial charge in [-0.1, -0.05) is 46.0 Å². The molecule has 0 amide bonds. The van der Waals surface area contributed by atoms with Gasteiger partial charge in [0.2, 0.25) is 0 Å². The zero-order chi connectivity index (χ0) is 13.5. The number of hydrogen-bond donors (Lipinski definition) is 3. The van der Waals surface area contributed by atoms with Gasteiger partial charge in [0.25, 0.3) is 0 Å². The average Bonchev–Trinajstić information content (AvgIpc) is 2.29. The second-order valence-corrected chi connectivity index (χ2v) is 4.18. The summed E-state index contributed by atoms with van der Waals surface area (Å²) in [5.74, 6) is -0.670. The molecular weight excluding hydrogens is 220 g/mol. The molecule has 0 aliphatic rings. The highest BCUT2D eigenvalue weighted by atomic mass is 16.4. The summed E-state index contributed by atoms with van der Waals surface area (Å²) in [6.45, 7) is 4.02. The largest absolute Gasteiger partial charge is 0.481 e. The molecule has 17 heavy (non-hydrogen) atoms. The van der Waals surface area contributed by atoms with Gasteiger partial charge in [-0.15, -0.1) is 0 Å². The van der Waals surface area contributed by atoms with Crippen LogP contribution in [0, 0.1) is 0 Å². The van der Waals surface area contributed by atoms with Crippen LogP contribution in [0.25, 0.3) is 0 Å². The molecule has 0 rings (SSSR count). The number of carboxylic acids is 1. The lowest BCUT2D eigenvalue weighted by atomic mass is 10.1. The molecule has 1 unspecified atom stereocenters. The number of aliphatic carboxylic acids is 1. The van der Waals surface area contributed by atoms with Crippen LogP contribution in [0.5, 0.6) is 0 Å². The minimum atomic E-state index is -0.670. The molecule has 0 saturated heterocycles. The maximum atomic E-state index is 10.0. The van der Waals surface area contributed by atoms with Gasteiger partial charge in [-0.05, 0) is 12.8 Å². The SMILES string of the molecule is CCCC(O)CO.CCCCCCCC(=O)O. The van der Waals surface area contributed by atoms with Crippen LogP contribution < -0.4 is 0 Å². The normalized spacial score (nSPS) is 11.5. The van der Waals surface area contributed by atoms with E-state index in [1.165, 1.54) is 19.3 Å². The highest BCUT2D eigenvalue weighted by Crippen LogP contribution is 2.04. The highest BCUT2D eigenvalue weighted by Gasteiger charge is 1.96. The first kappa shape index (κ1) is 18.7. The third-order valence-electron chi connectivity index (χ3n) is 2.33. The van der Waals surface area contributed by atoms with E-state index in [0.717, 1.165) is 19.3 Å². The van der Waals surface area contributed by atoms with Crippen molar-refractivity contribution in [3.05, 3.63) is 0 Å². The van der Waals surface area contributed by atoms with Crippen molar-refractivity contribution < 1.29 is 20.1 Å². The van der Waals surface area contributed by atoms with Gasteiger partial charge < -0.3 is 15.3 Å². The van der Waals surface area contributed by atoms with Crippen LogP contribution in [0.2, 0.25) is 0 Å². The molecule has 4 nitrogen and oxygen atoms in total. The second-order valence-electron chi connectivity index (χ2n) is 4.18. The Balaban J connectivity index is 0. The molecule has 0 spiro atoms. The molecule has 0 aromatic rings. The van der Waals surface area contributed by atoms with Crippen LogP contribution in [0.1, 0.15) is 65.2 Å². The standard InChI is InChI=1S/C8H16O2.C5H12O2/c1-2-3-4-5-6-7-8(9)10;1-2-3-5(7)4-6/h2-7H2,1H3,(H,9,10);5-7H,2-4H2,1H3. The van der Waals surface area contributed by atoms with E-state index < -0.39 is 12.1 Å². The minimum absolute atomic E-state index is 0.103. The molecule has 3 N–H and O–H groups in total. The van der Waals surface area contributed by atoms with Gasteiger partial charge in [0.1, 0.15) is 0 Å². The van der Waals surface area contributed by atoms with Crippen molar-refractivity contribution in [3.63, 3.8) is 0 Å². The van der Waals surface area contributed by atoms with Crippen LogP contribution in [0.4, 0.5) is 0 Å². The molecule has 104 valence electrons. The lowest BCUT2D eigenvalue weighted by molar-refractivity contribution is -0.137. The molecule has 0 aliphatic carbocycles. The fourth-order valence-electron chi connectivity index (χ4n) is 1.30. The Morgan fingerprint density at radius 2 is 1.65 bits per heavy atom. The first-order chi connectivity index (χ1) is 8.08. The number of unbranched alkanes of at least 4 members (excludes halogenated alkanes) is 4. The number of hydrogen-bond acceptors (Lipinski definition) is 3. The van der Waals surface area contributed by atoms with E-state index in [9.17, 15) is 4.79 Å². The third-order valence-corrected chi connectivity index (χ3v) is 2.33. The maximum Gasteiger partial charge on any atom is 0.303 e. The van der Waals surface area contributed by atoms with Gasteiger partial charge >= 0.3 is 5.97 Å². The van der Waals surface area contributed by atoms with Crippen LogP contribution in [-0.2, 0) is 4.79 Å². The zero-order valence-electron chi connectivity index (χ0n) is 11.2. The highest BCUT2D eigenvalue weighted by molar-refractivity contribution is 5.66. The molecule has 0 aromatic carbocycles. The average molecular weight is 248 g/mol. The number of aliphatic hydroxyl groups excluding tert-OH is 2. The molecule has 0 aromatic heterocycles. The number of carbonyl (C=O) groups is 1. The Morgan fingerprint density at radius 3 is 2.00 bits per heavy atom. The van der Waals surface area contributed by atoms with Gasteiger partial charge in [0.15, 0.2) is 0 Å². The first-order valence-corrected chi connectivity index (χ1v) is 6.59. The summed E-state index contributed by atoms with van der Waals surface area (Å²) in [6.07, 6.45) is 7.03. The van der Waals surface area contributed by atoms with Gasteiger partial charge in [-0.2, -0.15) is 0 Å². The van der Waals surface area contributed by atoms with E-state index in [1.54, 1.807) is 0 Å². The Morgan fingerprint density at radius 1 is 1.06 bits per heavy atom. The third kappa shape index (κ3) is 21.3. The lowest BCUT2D eigenvalue weighted by Crippen LogP contribution is -2.10. The summed E-state index contributed by atoms with van der Waals surface area (Å²) in [7, 11) is 0. The van der Waals surface area contributed by atoms with Crippen molar-refractivity contribution in [2.24, 2.45) is 0 Å². The topological polar surface area (TPSA) is 77.8 Å². The number of rotatable bonds is 9. The van der Waals surface area contributed by atoms with Crippen molar-refractivity contribution in [3.8, 4) is 0 Å². The monoisotopic (exact) mass is 248 g/mol. The van der Waals surface area contributed by atoms with Gasteiger partial charge in [0, 0.05) is 6.42 Å². The maximum absolute atomic E-state index is 10.0. The van der Waals surface area contributed by atoms with E-state index >= 15 is 0 Å². The molecule has 0 heterocycles. The summed E-state index contributed by atoms with van der Waals surface area (Å²) >= 11 is 0. The molecule has 0 aliphatic heterocycles. The minimum Gasteiger partial charge on any atom is -0.481 e. The van der Waals surface area contributed by atoms with Crippen molar-refractivity contribution in [2.45, 2.75) is 71.3 Å². The molecule has 0 bridgehead atoms. The van der Waals surface area contributed by atoms with Gasteiger partial charge in [0.05, 0.1) is 12.7 Å². The zero-order valence-corrected chi connectivity index (χ0v) is 11.2. The lowest BCUT2D eigenvalue weighted by Gasteiger charge is -2.01. The van der Waals surface area contributed by atoms with Crippen LogP contribution in [-0.4, -0.2) is 34.0 Å². The van der Waals surface area contributed by atoms with Crippen molar-refractivity contribution >= 4 is 5.97 Å². The van der Waals surface area contributed by atoms with Crippen molar-refractivity contribution in [1.29, 1.82) is 0 Å². The molecule has 0 fully saturated rings. The molecule has 0 saturated carbocycles. The number of aliphatic hydroxyl groups is 2. The summed E-state index contributed by atoms with van der Waals surface area (Å²) < 4.78 is 0. The van der Waals surface area contributed by atoms with E-state index in [2.05, 4.69) is 6.92 Å². The Hall–Kier alpha value is -0.610. The Kier molecular flexibility index (Phi) is 17.0. The predicted molar refractivity (Wildman–Crippen MR) is 69.0 cm³/mol. The van der Waals surface area contributed by atoms with Crippen LogP contribution in [0.3, 0.4) is 0 Å². The van der Waals surface area contributed by atoms with Crippen molar-refractivity contribution in [2.75, 3.05) is 6.61 Å². The van der Waals surface area contributed by atoms with E-state index in [4.69, 9.17) is 15.3 Å². The molecule has 1 atom stereocenters. The van der Waals surface area contributed by atoms with E-state index in [0.29, 0.717) is 12.8 Å². The van der Waals surface area contributed by atoms with E-state index in [1.807, 2.05) is 6.92 Å². The fraction of sp³-hybridized carbons (Fsp3) is 0.923. The quantitative estimate of drug-likeness (QED) is 0.548. The fourth-order valence-corrected chi connectivity index (χ4v) is 1.30. The summed E-state index contributed by atoms with van der Waals surface area (Å²) in [5, 5.41) is 25.1. The van der Waals surface area contributed by atoms with Gasteiger partial charge in [-0.3, -0.25) is 4.79 Å². The Bertz CT molecular complexity index is 159. The first-order valence-electron chi connectivity index (χ1n) is 6.59. The van der Waals surface area contributed by atoms with E-state index in [-0.39, 0.29) is 6.61 Å². The second kappa shape index (κ2) is 15.4. The summed E-state index contributed by atoms with van der Waals surface area (Å²) in [6, 6.07) is 0. The van der Waals surface area contributed by atoms with Crippen LogP contribution in [0.15, 0.2) is 0 Å². The smallest absolute Gasteiger partial charge is 0.303 e. The van der Waals surface area contributed by atoms with Crippen LogP contribution >= 0.6 is 0 Å². The predicted octanol–water partition coefficient (Wildman–Crippen LogP) is 2.57. The summed E-state index contributed by atoms with van der Waals surface area (Å²) in [5.41, 5.74) is 0. The summed E-state index contributed by atoms with van der Waals surface area (Å²) in [4.78, 5) is 10.0. The molecule has 4 heteroatoms. The molecule has 0 radical (unpaired) electrons.